The molecule has 25 heavy (non-hydrogen) atoms. The lowest BCUT2D eigenvalue weighted by molar-refractivity contribution is -0.195. The highest BCUT2D eigenvalue weighted by atomic mass is 16.7. The Morgan fingerprint density at radius 1 is 1.36 bits per heavy atom. The Labute approximate surface area is 148 Å². The van der Waals surface area contributed by atoms with Gasteiger partial charge in [-0.1, -0.05) is 36.8 Å². The van der Waals surface area contributed by atoms with Crippen LogP contribution in [0.1, 0.15) is 31.2 Å². The minimum absolute atomic E-state index is 0.00564. The minimum Gasteiger partial charge on any atom is -0.469 e. The number of carbonyl (C=O) groups is 1. The Kier molecular flexibility index (Phi) is 6.42. The lowest BCUT2D eigenvalue weighted by Crippen LogP contribution is -2.42. The Bertz CT molecular complexity index is 552. The molecular formula is C19H27NO5. The number of benzene rings is 1. The summed E-state index contributed by atoms with van der Waals surface area (Å²) in [5.74, 6) is -0.738. The highest BCUT2D eigenvalue weighted by molar-refractivity contribution is 5.74. The van der Waals surface area contributed by atoms with Crippen molar-refractivity contribution in [3.8, 4) is 0 Å². The number of hydrogen-bond acceptors (Lipinski definition) is 6. The van der Waals surface area contributed by atoms with Gasteiger partial charge in [0.25, 0.3) is 0 Å². The van der Waals surface area contributed by atoms with Gasteiger partial charge in [-0.25, -0.2) is 0 Å². The number of ether oxygens (including phenoxy) is 2. The van der Waals surface area contributed by atoms with Crippen molar-refractivity contribution in [1.29, 1.82) is 0 Å². The van der Waals surface area contributed by atoms with Crippen molar-refractivity contribution in [2.75, 3.05) is 20.3 Å². The molecule has 2 heterocycles. The molecule has 0 unspecified atom stereocenters. The number of aliphatic hydroxyl groups is 1. The zero-order chi connectivity index (χ0) is 17.6. The van der Waals surface area contributed by atoms with Gasteiger partial charge in [0.2, 0.25) is 0 Å². The fourth-order valence-corrected chi connectivity index (χ4v) is 3.73. The number of methoxy groups -OCH3 is 1. The minimum atomic E-state index is -0.759. The highest BCUT2D eigenvalue weighted by Crippen LogP contribution is 2.36. The average Bonchev–Trinajstić information content (AvgIpc) is 3.05. The van der Waals surface area contributed by atoms with Gasteiger partial charge in [-0.15, -0.1) is 0 Å². The van der Waals surface area contributed by atoms with Crippen LogP contribution in [0.4, 0.5) is 0 Å². The van der Waals surface area contributed by atoms with E-state index < -0.39 is 18.1 Å². The summed E-state index contributed by atoms with van der Waals surface area (Å²) < 4.78 is 10.6. The van der Waals surface area contributed by atoms with Gasteiger partial charge < -0.3 is 14.6 Å². The molecule has 6 nitrogen and oxygen atoms in total. The van der Waals surface area contributed by atoms with E-state index in [4.69, 9.17) is 14.3 Å². The number of rotatable bonds is 7. The molecule has 0 saturated carbocycles. The first-order chi connectivity index (χ1) is 12.2. The number of piperidine rings is 1. The van der Waals surface area contributed by atoms with E-state index in [9.17, 15) is 9.90 Å². The third-order valence-corrected chi connectivity index (χ3v) is 5.05. The molecule has 1 aromatic rings. The van der Waals surface area contributed by atoms with Gasteiger partial charge in [-0.2, -0.15) is 5.06 Å². The van der Waals surface area contributed by atoms with Gasteiger partial charge in [0.05, 0.1) is 25.9 Å². The molecule has 1 aromatic carbocycles. The molecule has 3 rings (SSSR count). The van der Waals surface area contributed by atoms with Crippen LogP contribution in [0.15, 0.2) is 30.3 Å². The molecule has 1 N–H and O–H groups in total. The second kappa shape index (κ2) is 8.76. The van der Waals surface area contributed by atoms with Crippen molar-refractivity contribution in [1.82, 2.24) is 5.06 Å². The van der Waals surface area contributed by atoms with Crippen molar-refractivity contribution < 1.29 is 24.2 Å². The monoisotopic (exact) mass is 349 g/mol. The molecule has 0 aliphatic carbocycles. The van der Waals surface area contributed by atoms with E-state index >= 15 is 0 Å². The smallest absolute Gasteiger partial charge is 0.313 e. The van der Waals surface area contributed by atoms with Crippen molar-refractivity contribution >= 4 is 5.97 Å². The largest absolute Gasteiger partial charge is 0.469 e. The second-order valence-electron chi connectivity index (χ2n) is 6.72. The number of aliphatic hydroxyl groups excluding tert-OH is 1. The summed E-state index contributed by atoms with van der Waals surface area (Å²) in [5, 5.41) is 12.4. The summed E-state index contributed by atoms with van der Waals surface area (Å²) >= 11 is 0. The van der Waals surface area contributed by atoms with Crippen LogP contribution in [0, 0.1) is 5.92 Å². The molecule has 2 saturated heterocycles. The second-order valence-corrected chi connectivity index (χ2v) is 6.72. The first-order valence-electron chi connectivity index (χ1n) is 9.01. The number of fused-ring (bicyclic) bond motifs is 1. The van der Waals surface area contributed by atoms with Gasteiger partial charge in [0.15, 0.2) is 0 Å². The topological polar surface area (TPSA) is 68.2 Å². The van der Waals surface area contributed by atoms with Gasteiger partial charge in [0, 0.05) is 13.2 Å². The normalized spacial score (nSPS) is 27.7. The van der Waals surface area contributed by atoms with E-state index in [0.29, 0.717) is 19.6 Å². The molecule has 2 aliphatic heterocycles. The summed E-state index contributed by atoms with van der Waals surface area (Å²) in [6, 6.07) is 9.91. The van der Waals surface area contributed by atoms with Crippen LogP contribution in [-0.2, 0) is 25.7 Å². The molecule has 0 radical (unpaired) electrons. The van der Waals surface area contributed by atoms with Crippen LogP contribution >= 0.6 is 0 Å². The van der Waals surface area contributed by atoms with Crippen molar-refractivity contribution in [3.05, 3.63) is 35.9 Å². The number of hydrogen-bond donors (Lipinski definition) is 1. The van der Waals surface area contributed by atoms with Crippen LogP contribution in [0.5, 0.6) is 0 Å². The van der Waals surface area contributed by atoms with E-state index in [0.717, 1.165) is 31.4 Å². The van der Waals surface area contributed by atoms with Crippen LogP contribution < -0.4 is 0 Å². The van der Waals surface area contributed by atoms with Gasteiger partial charge in [0.1, 0.15) is 12.0 Å². The Morgan fingerprint density at radius 2 is 2.16 bits per heavy atom. The Balaban J connectivity index is 1.52. The Morgan fingerprint density at radius 3 is 2.92 bits per heavy atom. The van der Waals surface area contributed by atoms with E-state index in [1.54, 1.807) is 0 Å². The van der Waals surface area contributed by atoms with Gasteiger partial charge in [-0.3, -0.25) is 9.63 Å². The molecule has 6 heteroatoms. The molecular weight excluding hydrogens is 322 g/mol. The predicted octanol–water partition coefficient (Wildman–Crippen LogP) is 1.91. The highest BCUT2D eigenvalue weighted by Gasteiger charge is 2.51. The lowest BCUT2D eigenvalue weighted by Gasteiger charge is -2.28. The maximum Gasteiger partial charge on any atom is 0.313 e. The van der Waals surface area contributed by atoms with Crippen LogP contribution in [0.2, 0.25) is 0 Å². The van der Waals surface area contributed by atoms with E-state index in [2.05, 4.69) is 0 Å². The SMILES string of the molecule is COC(=O)[C@H]1[C@H]([C@H](O)CCOCc2ccccc2)ON2CCCC[C@H]12. The molecule has 4 atom stereocenters. The third kappa shape index (κ3) is 4.39. The molecule has 2 fully saturated rings. The summed E-state index contributed by atoms with van der Waals surface area (Å²) in [6.07, 6.45) is 2.12. The van der Waals surface area contributed by atoms with Crippen LogP contribution in [0.25, 0.3) is 0 Å². The maximum atomic E-state index is 12.2. The lowest BCUT2D eigenvalue weighted by atomic mass is 9.86. The Hall–Kier alpha value is -1.47. The standard InChI is InChI=1S/C19H27NO5/c1-23-19(22)17-15-9-5-6-11-20(15)25-18(17)16(21)10-12-24-13-14-7-3-2-4-8-14/h2-4,7-8,15-18,21H,5-6,9-13H2,1H3/t15-,16-,17-,18+/m1/s1. The van der Waals surface area contributed by atoms with Crippen molar-refractivity contribution in [2.24, 2.45) is 5.92 Å². The van der Waals surface area contributed by atoms with Gasteiger partial charge >= 0.3 is 5.97 Å². The van der Waals surface area contributed by atoms with Crippen molar-refractivity contribution in [2.45, 2.75) is 50.5 Å². The number of carbonyl (C=O) groups excluding carboxylic acids is 1. The number of esters is 1. The third-order valence-electron chi connectivity index (χ3n) is 5.05. The van der Waals surface area contributed by atoms with Gasteiger partial charge in [-0.05, 0) is 24.8 Å². The summed E-state index contributed by atoms with van der Waals surface area (Å²) in [5.41, 5.74) is 1.10. The molecule has 0 amide bonds. The van der Waals surface area contributed by atoms with Crippen LogP contribution in [0.3, 0.4) is 0 Å². The van der Waals surface area contributed by atoms with E-state index in [1.807, 2.05) is 35.4 Å². The molecule has 2 aliphatic rings. The maximum absolute atomic E-state index is 12.2. The quantitative estimate of drug-likeness (QED) is 0.599. The summed E-state index contributed by atoms with van der Waals surface area (Å²) in [4.78, 5) is 18.1. The first-order valence-corrected chi connectivity index (χ1v) is 9.01. The average molecular weight is 349 g/mol. The molecule has 0 aromatic heterocycles. The fourth-order valence-electron chi connectivity index (χ4n) is 3.73. The molecule has 0 bridgehead atoms. The molecule has 138 valence electrons. The van der Waals surface area contributed by atoms with E-state index in [1.165, 1.54) is 7.11 Å². The predicted molar refractivity (Wildman–Crippen MR) is 91.4 cm³/mol. The fraction of sp³-hybridized carbons (Fsp3) is 0.632. The first kappa shape index (κ1) is 18.3. The van der Waals surface area contributed by atoms with Crippen LogP contribution in [-0.4, -0.2) is 54.7 Å². The summed E-state index contributed by atoms with van der Waals surface area (Å²) in [6.45, 7) is 1.72. The van der Waals surface area contributed by atoms with Crippen molar-refractivity contribution in [3.63, 3.8) is 0 Å². The number of nitrogens with zero attached hydrogens (tertiary/aromatic N) is 1. The van der Waals surface area contributed by atoms with E-state index in [-0.39, 0.29) is 12.0 Å². The number of hydroxylamine groups is 2. The zero-order valence-electron chi connectivity index (χ0n) is 14.7. The molecule has 0 spiro atoms. The zero-order valence-corrected chi connectivity index (χ0v) is 14.7. The summed E-state index contributed by atoms with van der Waals surface area (Å²) in [7, 11) is 1.39.